The lowest BCUT2D eigenvalue weighted by molar-refractivity contribution is 0.503. The van der Waals surface area contributed by atoms with Gasteiger partial charge in [0.2, 0.25) is 0 Å². The van der Waals surface area contributed by atoms with E-state index in [-0.39, 0.29) is 5.82 Å². The highest BCUT2D eigenvalue weighted by Crippen LogP contribution is 2.13. The quantitative estimate of drug-likeness (QED) is 0.835. The van der Waals surface area contributed by atoms with Crippen molar-refractivity contribution in [2.24, 2.45) is 0 Å². The van der Waals surface area contributed by atoms with Crippen LogP contribution in [0.4, 0.5) is 10.1 Å². The first-order valence-corrected chi connectivity index (χ1v) is 5.89. The fourth-order valence-electron chi connectivity index (χ4n) is 1.43. The van der Waals surface area contributed by atoms with Crippen LogP contribution in [0.15, 0.2) is 41.0 Å². The molecule has 1 aromatic heterocycles. The number of benzene rings is 1. The first-order chi connectivity index (χ1) is 8.65. The number of aryl methyl sites for hydroxylation is 1. The van der Waals surface area contributed by atoms with Crippen LogP contribution in [0, 0.1) is 12.7 Å². The maximum absolute atomic E-state index is 13.3. The zero-order chi connectivity index (χ0) is 13.0. The summed E-state index contributed by atoms with van der Waals surface area (Å²) < 4.78 is 18.5. The largest absolute Gasteiger partial charge is 0.467 e. The van der Waals surface area contributed by atoms with Crippen LogP contribution < -0.4 is 10.6 Å². The molecule has 2 N–H and O–H groups in total. The van der Waals surface area contributed by atoms with Crippen LogP contribution in [0.2, 0.25) is 0 Å². The molecule has 0 aliphatic carbocycles. The smallest absolute Gasteiger partial charge is 0.171 e. The molecular formula is C13H13FN2OS. The Labute approximate surface area is 110 Å². The Balaban J connectivity index is 1.88. The molecule has 18 heavy (non-hydrogen) atoms. The summed E-state index contributed by atoms with van der Waals surface area (Å²) in [6.45, 7) is 2.21. The molecular weight excluding hydrogens is 251 g/mol. The highest BCUT2D eigenvalue weighted by atomic mass is 32.1. The van der Waals surface area contributed by atoms with E-state index in [1.165, 1.54) is 6.07 Å². The molecule has 0 radical (unpaired) electrons. The standard InChI is InChI=1S/C13H13FN2OS/c1-9-4-5-10(7-12(9)14)16-13(18)15-8-11-3-2-6-17-11/h2-7H,8H2,1H3,(H2,15,16,18). The van der Waals surface area contributed by atoms with E-state index in [0.29, 0.717) is 22.9 Å². The van der Waals surface area contributed by atoms with Gasteiger partial charge in [-0.3, -0.25) is 0 Å². The van der Waals surface area contributed by atoms with E-state index in [2.05, 4.69) is 10.6 Å². The SMILES string of the molecule is Cc1ccc(NC(=S)NCc2ccco2)cc1F. The third kappa shape index (κ3) is 3.30. The summed E-state index contributed by atoms with van der Waals surface area (Å²) in [4.78, 5) is 0. The first kappa shape index (κ1) is 12.6. The van der Waals surface area contributed by atoms with Gasteiger partial charge >= 0.3 is 0 Å². The number of anilines is 1. The zero-order valence-electron chi connectivity index (χ0n) is 9.87. The van der Waals surface area contributed by atoms with E-state index in [1.54, 1.807) is 25.3 Å². The number of furan rings is 1. The van der Waals surface area contributed by atoms with E-state index in [4.69, 9.17) is 16.6 Å². The molecule has 0 spiro atoms. The van der Waals surface area contributed by atoms with Crippen LogP contribution >= 0.6 is 12.2 Å². The lowest BCUT2D eigenvalue weighted by atomic mass is 10.2. The minimum atomic E-state index is -0.256. The van der Waals surface area contributed by atoms with Crippen molar-refractivity contribution < 1.29 is 8.81 Å². The fourth-order valence-corrected chi connectivity index (χ4v) is 1.62. The van der Waals surface area contributed by atoms with Crippen molar-refractivity contribution in [2.45, 2.75) is 13.5 Å². The second-order valence-corrected chi connectivity index (χ2v) is 4.26. The Hall–Kier alpha value is -1.88. The Bertz CT molecular complexity index is 540. The van der Waals surface area contributed by atoms with Gasteiger partial charge in [-0.1, -0.05) is 6.07 Å². The maximum atomic E-state index is 13.3. The number of hydrogen-bond donors (Lipinski definition) is 2. The number of hydrogen-bond acceptors (Lipinski definition) is 2. The van der Waals surface area contributed by atoms with E-state index in [9.17, 15) is 4.39 Å². The van der Waals surface area contributed by atoms with Crippen LogP contribution in [-0.4, -0.2) is 5.11 Å². The van der Waals surface area contributed by atoms with Crippen LogP contribution in [0.5, 0.6) is 0 Å². The lowest BCUT2D eigenvalue weighted by Gasteiger charge is -2.10. The number of thiocarbonyl (C=S) groups is 1. The molecule has 0 unspecified atom stereocenters. The van der Waals surface area contributed by atoms with Crippen molar-refractivity contribution in [3.63, 3.8) is 0 Å². The summed E-state index contributed by atoms with van der Waals surface area (Å²) in [6, 6.07) is 8.55. The van der Waals surface area contributed by atoms with E-state index < -0.39 is 0 Å². The molecule has 0 amide bonds. The molecule has 3 nitrogen and oxygen atoms in total. The van der Waals surface area contributed by atoms with Crippen LogP contribution in [0.25, 0.3) is 0 Å². The summed E-state index contributed by atoms with van der Waals surface area (Å²) in [5.74, 6) is 0.531. The van der Waals surface area contributed by atoms with Gasteiger partial charge in [-0.25, -0.2) is 4.39 Å². The van der Waals surface area contributed by atoms with Crippen molar-refractivity contribution in [2.75, 3.05) is 5.32 Å². The highest BCUT2D eigenvalue weighted by Gasteiger charge is 2.02. The minimum Gasteiger partial charge on any atom is -0.467 e. The molecule has 2 rings (SSSR count). The molecule has 0 saturated heterocycles. The summed E-state index contributed by atoms with van der Waals surface area (Å²) in [6.07, 6.45) is 1.60. The van der Waals surface area contributed by atoms with Crippen molar-refractivity contribution in [1.82, 2.24) is 5.32 Å². The minimum absolute atomic E-state index is 0.256. The average molecular weight is 264 g/mol. The molecule has 1 aromatic carbocycles. The van der Waals surface area contributed by atoms with Gasteiger partial charge in [-0.2, -0.15) is 0 Å². The van der Waals surface area contributed by atoms with Crippen molar-refractivity contribution in [1.29, 1.82) is 0 Å². The molecule has 0 atom stereocenters. The normalized spacial score (nSPS) is 10.1. The fraction of sp³-hybridized carbons (Fsp3) is 0.154. The topological polar surface area (TPSA) is 37.2 Å². The van der Waals surface area contributed by atoms with Crippen molar-refractivity contribution in [3.05, 3.63) is 53.7 Å². The number of halogens is 1. The van der Waals surface area contributed by atoms with Crippen molar-refractivity contribution in [3.8, 4) is 0 Å². The molecule has 0 fully saturated rings. The van der Waals surface area contributed by atoms with E-state index in [0.717, 1.165) is 5.76 Å². The predicted octanol–water partition coefficient (Wildman–Crippen LogP) is 3.21. The Kier molecular flexibility index (Phi) is 3.94. The number of nitrogens with one attached hydrogen (secondary N) is 2. The Morgan fingerprint density at radius 1 is 1.39 bits per heavy atom. The summed E-state index contributed by atoms with van der Waals surface area (Å²) in [5, 5.41) is 6.31. The summed E-state index contributed by atoms with van der Waals surface area (Å²) >= 11 is 5.10. The Morgan fingerprint density at radius 2 is 2.22 bits per heavy atom. The van der Waals surface area contributed by atoms with Crippen LogP contribution in [0.1, 0.15) is 11.3 Å². The first-order valence-electron chi connectivity index (χ1n) is 5.48. The van der Waals surface area contributed by atoms with Crippen LogP contribution in [0.3, 0.4) is 0 Å². The molecule has 0 bridgehead atoms. The Morgan fingerprint density at radius 3 is 2.89 bits per heavy atom. The van der Waals surface area contributed by atoms with Gasteiger partial charge in [0, 0.05) is 5.69 Å². The lowest BCUT2D eigenvalue weighted by Crippen LogP contribution is -2.27. The molecule has 0 saturated carbocycles. The predicted molar refractivity (Wildman–Crippen MR) is 72.9 cm³/mol. The van der Waals surface area contributed by atoms with Crippen LogP contribution in [-0.2, 0) is 6.54 Å². The number of rotatable bonds is 3. The summed E-state index contributed by atoms with van der Waals surface area (Å²) in [7, 11) is 0. The molecule has 5 heteroatoms. The molecule has 0 aliphatic heterocycles. The molecule has 2 aromatic rings. The monoisotopic (exact) mass is 264 g/mol. The van der Waals surface area contributed by atoms with Gasteiger partial charge in [-0.15, -0.1) is 0 Å². The van der Waals surface area contributed by atoms with E-state index >= 15 is 0 Å². The van der Waals surface area contributed by atoms with E-state index in [1.807, 2.05) is 12.1 Å². The maximum Gasteiger partial charge on any atom is 0.171 e. The zero-order valence-corrected chi connectivity index (χ0v) is 10.7. The highest BCUT2D eigenvalue weighted by molar-refractivity contribution is 7.80. The van der Waals surface area contributed by atoms with Gasteiger partial charge in [-0.05, 0) is 49.0 Å². The summed E-state index contributed by atoms with van der Waals surface area (Å²) in [5.41, 5.74) is 1.23. The molecule has 0 aliphatic rings. The van der Waals surface area contributed by atoms with Gasteiger partial charge < -0.3 is 15.1 Å². The van der Waals surface area contributed by atoms with Gasteiger partial charge in [0.05, 0.1) is 12.8 Å². The molecule has 94 valence electrons. The third-order valence-electron chi connectivity index (χ3n) is 2.43. The second-order valence-electron chi connectivity index (χ2n) is 3.85. The van der Waals surface area contributed by atoms with Crippen molar-refractivity contribution >= 4 is 23.0 Å². The second kappa shape index (κ2) is 5.64. The average Bonchev–Trinajstić information content (AvgIpc) is 2.84. The van der Waals surface area contributed by atoms with Gasteiger partial charge in [0.25, 0.3) is 0 Å². The van der Waals surface area contributed by atoms with Gasteiger partial charge in [0.15, 0.2) is 5.11 Å². The van der Waals surface area contributed by atoms with Gasteiger partial charge in [0.1, 0.15) is 11.6 Å². The third-order valence-corrected chi connectivity index (χ3v) is 2.68. The molecule has 1 heterocycles.